The Morgan fingerprint density at radius 3 is 1.76 bits per heavy atom. The normalized spacial score (nSPS) is 16.3. The third-order valence-electron chi connectivity index (χ3n) is 14.5. The van der Waals surface area contributed by atoms with E-state index in [1.54, 1.807) is 0 Å². The summed E-state index contributed by atoms with van der Waals surface area (Å²) < 4.78 is 6.30. The van der Waals surface area contributed by atoms with Crippen LogP contribution in [0.5, 0.6) is 0 Å². The highest BCUT2D eigenvalue weighted by atomic mass is 16.3. The highest BCUT2D eigenvalue weighted by Gasteiger charge is 2.48. The minimum Gasteiger partial charge on any atom is -0.456 e. The average Bonchev–Trinajstić information content (AvgIpc) is 4.05. The molecule has 0 aliphatic heterocycles. The van der Waals surface area contributed by atoms with E-state index in [1.807, 2.05) is 6.07 Å². The lowest BCUT2D eigenvalue weighted by Crippen LogP contribution is -2.24. The maximum absolute atomic E-state index is 6.30. The number of benzene rings is 9. The summed E-state index contributed by atoms with van der Waals surface area (Å²) in [5.74, 6) is 0. The van der Waals surface area contributed by atoms with Gasteiger partial charge in [0.15, 0.2) is 0 Å². The first-order valence-electron chi connectivity index (χ1n) is 22.0. The van der Waals surface area contributed by atoms with Crippen LogP contribution in [0.25, 0.3) is 66.4 Å². The zero-order valence-corrected chi connectivity index (χ0v) is 34.8. The molecule has 9 aromatic carbocycles. The molecule has 1 heterocycles. The summed E-state index contributed by atoms with van der Waals surface area (Å²) in [4.78, 5) is 2.45. The second-order valence-corrected chi connectivity index (χ2v) is 17.9. The minimum absolute atomic E-state index is 0.0984. The van der Waals surface area contributed by atoms with Crippen molar-refractivity contribution in [2.75, 3.05) is 4.90 Å². The molecule has 10 aromatic rings. The Labute approximate surface area is 362 Å². The Balaban J connectivity index is 0.968. The van der Waals surface area contributed by atoms with Crippen molar-refractivity contribution in [2.24, 2.45) is 0 Å². The molecule has 0 N–H and O–H groups in total. The second kappa shape index (κ2) is 13.0. The van der Waals surface area contributed by atoms with Crippen molar-refractivity contribution in [3.63, 3.8) is 0 Å². The lowest BCUT2D eigenvalue weighted by molar-refractivity contribution is 0.626. The van der Waals surface area contributed by atoms with Gasteiger partial charge in [-0.3, -0.25) is 0 Å². The molecule has 294 valence electrons. The predicted octanol–water partition coefficient (Wildman–Crippen LogP) is 16.0. The lowest BCUT2D eigenvalue weighted by atomic mass is 9.73. The molecule has 3 aliphatic carbocycles. The van der Waals surface area contributed by atoms with E-state index in [4.69, 9.17) is 4.42 Å². The molecule has 1 unspecified atom stereocenters. The van der Waals surface area contributed by atoms with E-state index >= 15 is 0 Å². The maximum Gasteiger partial charge on any atom is 0.136 e. The van der Waals surface area contributed by atoms with E-state index in [-0.39, 0.29) is 10.8 Å². The van der Waals surface area contributed by atoms with Crippen LogP contribution in [0.4, 0.5) is 17.1 Å². The Morgan fingerprint density at radius 2 is 0.968 bits per heavy atom. The van der Waals surface area contributed by atoms with Crippen LogP contribution in [0, 0.1) is 0 Å². The Morgan fingerprint density at radius 1 is 0.419 bits per heavy atom. The molecule has 1 atom stereocenters. The van der Waals surface area contributed by atoms with Crippen LogP contribution < -0.4 is 4.90 Å². The first-order chi connectivity index (χ1) is 30.5. The summed E-state index contributed by atoms with van der Waals surface area (Å²) >= 11 is 0. The molecule has 2 nitrogen and oxygen atoms in total. The number of nitrogens with zero attached hydrogens (tertiary/aromatic N) is 1. The molecule has 62 heavy (non-hydrogen) atoms. The number of aryl methyl sites for hydroxylation is 1. The Kier molecular flexibility index (Phi) is 7.43. The van der Waals surface area contributed by atoms with Gasteiger partial charge >= 0.3 is 0 Å². The Bertz CT molecular complexity index is 3440. The first-order valence-corrected chi connectivity index (χ1v) is 22.0. The fourth-order valence-corrected chi connectivity index (χ4v) is 11.8. The maximum atomic E-state index is 6.30. The van der Waals surface area contributed by atoms with Crippen molar-refractivity contribution in [1.29, 1.82) is 0 Å². The van der Waals surface area contributed by atoms with E-state index in [0.717, 1.165) is 57.4 Å². The molecule has 13 rings (SSSR count). The quantitative estimate of drug-likeness (QED) is 0.173. The third-order valence-corrected chi connectivity index (χ3v) is 14.5. The number of hydrogen-bond acceptors (Lipinski definition) is 2. The van der Waals surface area contributed by atoms with Crippen molar-refractivity contribution < 1.29 is 4.42 Å². The van der Waals surface area contributed by atoms with E-state index in [2.05, 4.69) is 213 Å². The summed E-state index contributed by atoms with van der Waals surface area (Å²) in [7, 11) is 0. The molecule has 0 saturated heterocycles. The van der Waals surface area contributed by atoms with Gasteiger partial charge in [0, 0.05) is 38.7 Å². The molecule has 3 aliphatic rings. The minimum atomic E-state index is -0.179. The van der Waals surface area contributed by atoms with E-state index in [9.17, 15) is 0 Å². The standard InChI is InChI=1S/C60H43NO/c1-59(2)52-21-8-4-15-47(52)49-19-11-18-45(58(49)59)39-27-31-42(32-28-39)61(41-29-25-38(26-30-41)44-17-12-24-56-57(44)50-16-6-10-23-55(50)62-56)43-33-34-48-46-14-5-9-22-53(46)60(54(48)37-43)36-35-40-13-3-7-20-51(40)60/h3-34,37H,35-36H2,1-2H3. The van der Waals surface area contributed by atoms with Gasteiger partial charge in [-0.05, 0) is 139 Å². The fraction of sp³-hybridized carbons (Fsp3) is 0.100. The van der Waals surface area contributed by atoms with Gasteiger partial charge in [-0.15, -0.1) is 0 Å². The van der Waals surface area contributed by atoms with Crippen LogP contribution in [-0.4, -0.2) is 0 Å². The second-order valence-electron chi connectivity index (χ2n) is 17.9. The van der Waals surface area contributed by atoms with Gasteiger partial charge in [-0.1, -0.05) is 166 Å². The largest absolute Gasteiger partial charge is 0.456 e. The third kappa shape index (κ3) is 4.86. The van der Waals surface area contributed by atoms with Crippen LogP contribution in [-0.2, 0) is 17.3 Å². The van der Waals surface area contributed by atoms with Gasteiger partial charge in [0.1, 0.15) is 11.2 Å². The number of hydrogen-bond donors (Lipinski definition) is 0. The van der Waals surface area contributed by atoms with Crippen LogP contribution >= 0.6 is 0 Å². The van der Waals surface area contributed by atoms with Crippen LogP contribution in [0.1, 0.15) is 53.6 Å². The van der Waals surface area contributed by atoms with Crippen molar-refractivity contribution in [2.45, 2.75) is 37.5 Å². The topological polar surface area (TPSA) is 16.4 Å². The summed E-state index contributed by atoms with van der Waals surface area (Å²) in [5.41, 5.74) is 23.7. The molecular formula is C60H43NO. The van der Waals surface area contributed by atoms with Crippen LogP contribution in [0.2, 0.25) is 0 Å². The molecule has 0 radical (unpaired) electrons. The fourth-order valence-electron chi connectivity index (χ4n) is 11.8. The molecule has 0 saturated carbocycles. The summed E-state index contributed by atoms with van der Waals surface area (Å²) in [6.07, 6.45) is 2.14. The number of anilines is 3. The molecule has 1 spiro atoms. The number of rotatable bonds is 5. The molecule has 2 heteroatoms. The first kappa shape index (κ1) is 35.3. The number of furan rings is 1. The van der Waals surface area contributed by atoms with Crippen molar-refractivity contribution >= 4 is 39.0 Å². The number of fused-ring (bicyclic) bond motifs is 13. The van der Waals surface area contributed by atoms with Crippen molar-refractivity contribution in [3.8, 4) is 44.5 Å². The van der Waals surface area contributed by atoms with Gasteiger partial charge < -0.3 is 9.32 Å². The molecule has 0 bridgehead atoms. The lowest BCUT2D eigenvalue weighted by Gasteiger charge is -2.31. The zero-order valence-electron chi connectivity index (χ0n) is 34.8. The van der Waals surface area contributed by atoms with Crippen molar-refractivity contribution in [1.82, 2.24) is 0 Å². The highest BCUT2D eigenvalue weighted by Crippen LogP contribution is 2.59. The van der Waals surface area contributed by atoms with Crippen molar-refractivity contribution in [3.05, 3.63) is 234 Å². The smallest absolute Gasteiger partial charge is 0.136 e. The molecule has 0 amide bonds. The predicted molar refractivity (Wildman–Crippen MR) is 257 cm³/mol. The summed E-state index contributed by atoms with van der Waals surface area (Å²) in [6, 6.07) is 74.3. The van der Waals surface area contributed by atoms with E-state index in [1.165, 1.54) is 72.3 Å². The monoisotopic (exact) mass is 793 g/mol. The SMILES string of the molecule is CC1(C)c2ccccc2-c2cccc(-c3ccc(N(c4ccc(-c5cccc6oc7ccccc7c56)cc4)c4ccc5c(c4)C4(CCc6ccccc64)c4ccccc4-5)cc3)c21. The Hall–Kier alpha value is -7.42. The van der Waals surface area contributed by atoms with Gasteiger partial charge in [0.05, 0.1) is 0 Å². The molecular weight excluding hydrogens is 751 g/mol. The van der Waals surface area contributed by atoms with Gasteiger partial charge in [-0.25, -0.2) is 0 Å². The summed E-state index contributed by atoms with van der Waals surface area (Å²) in [6.45, 7) is 4.75. The van der Waals surface area contributed by atoms with Crippen LogP contribution in [0.15, 0.2) is 205 Å². The van der Waals surface area contributed by atoms with E-state index < -0.39 is 0 Å². The zero-order chi connectivity index (χ0) is 41.2. The average molecular weight is 794 g/mol. The summed E-state index contributed by atoms with van der Waals surface area (Å²) in [5, 5.41) is 2.30. The number of para-hydroxylation sites is 1. The van der Waals surface area contributed by atoms with Gasteiger partial charge in [0.25, 0.3) is 0 Å². The van der Waals surface area contributed by atoms with Gasteiger partial charge in [-0.2, -0.15) is 0 Å². The molecule has 1 aromatic heterocycles. The van der Waals surface area contributed by atoms with Gasteiger partial charge in [0.2, 0.25) is 0 Å². The van der Waals surface area contributed by atoms with E-state index in [0.29, 0.717) is 0 Å². The highest BCUT2D eigenvalue weighted by molar-refractivity contribution is 6.12. The van der Waals surface area contributed by atoms with Crippen LogP contribution in [0.3, 0.4) is 0 Å². The molecule has 0 fully saturated rings.